The molecule has 1 aliphatic carbocycles. The van der Waals surface area contributed by atoms with Gasteiger partial charge in [0.15, 0.2) is 0 Å². The van der Waals surface area contributed by atoms with Crippen LogP contribution in [0.1, 0.15) is 51.5 Å². The van der Waals surface area contributed by atoms with E-state index in [2.05, 4.69) is 43.4 Å². The normalized spacial score (nSPS) is 23.3. The van der Waals surface area contributed by atoms with E-state index in [-0.39, 0.29) is 0 Å². The van der Waals surface area contributed by atoms with Crippen LogP contribution in [0.5, 0.6) is 5.75 Å². The molecule has 1 aromatic rings. The molecule has 2 atom stereocenters. The van der Waals surface area contributed by atoms with Gasteiger partial charge < -0.3 is 10.1 Å². The van der Waals surface area contributed by atoms with Gasteiger partial charge in [0.05, 0.1) is 6.10 Å². The second-order valence-corrected chi connectivity index (χ2v) is 5.61. The lowest BCUT2D eigenvalue weighted by Gasteiger charge is -2.29. The first-order valence-corrected chi connectivity index (χ1v) is 7.78. The summed E-state index contributed by atoms with van der Waals surface area (Å²) in [6.07, 6.45) is 6.88. The van der Waals surface area contributed by atoms with Gasteiger partial charge >= 0.3 is 0 Å². The average Bonchev–Trinajstić information content (AvgIpc) is 2.47. The van der Waals surface area contributed by atoms with Crippen molar-refractivity contribution in [2.45, 2.75) is 58.6 Å². The third-order valence-electron chi connectivity index (χ3n) is 4.12. The number of hydrogen-bond donors (Lipinski definition) is 1. The second-order valence-electron chi connectivity index (χ2n) is 5.61. The molecule has 19 heavy (non-hydrogen) atoms. The molecule has 2 unspecified atom stereocenters. The largest absolute Gasteiger partial charge is 0.490 e. The third kappa shape index (κ3) is 4.54. The Kier molecular flexibility index (Phi) is 5.71. The van der Waals surface area contributed by atoms with Crippen LogP contribution in [-0.4, -0.2) is 12.6 Å². The van der Waals surface area contributed by atoms with Crippen molar-refractivity contribution in [2.75, 3.05) is 6.54 Å². The van der Waals surface area contributed by atoms with E-state index in [4.69, 9.17) is 4.74 Å². The number of benzene rings is 1. The van der Waals surface area contributed by atoms with Gasteiger partial charge in [-0.15, -0.1) is 0 Å². The molecule has 0 saturated heterocycles. The molecule has 1 fully saturated rings. The Morgan fingerprint density at radius 2 is 1.95 bits per heavy atom. The maximum absolute atomic E-state index is 6.13. The summed E-state index contributed by atoms with van der Waals surface area (Å²) >= 11 is 0. The first-order chi connectivity index (χ1) is 9.31. The summed E-state index contributed by atoms with van der Waals surface area (Å²) in [5, 5.41) is 3.34. The fourth-order valence-electron chi connectivity index (χ4n) is 2.87. The highest BCUT2D eigenvalue weighted by Gasteiger charge is 2.21. The van der Waals surface area contributed by atoms with Gasteiger partial charge in [0.1, 0.15) is 5.75 Å². The van der Waals surface area contributed by atoms with E-state index in [1.54, 1.807) is 0 Å². The van der Waals surface area contributed by atoms with Gasteiger partial charge in [-0.05, 0) is 49.4 Å². The topological polar surface area (TPSA) is 21.3 Å². The highest BCUT2D eigenvalue weighted by Crippen LogP contribution is 2.29. The second kappa shape index (κ2) is 7.54. The van der Waals surface area contributed by atoms with Crippen LogP contribution in [0.4, 0.5) is 0 Å². The Labute approximate surface area is 117 Å². The van der Waals surface area contributed by atoms with E-state index in [1.165, 1.54) is 37.7 Å². The fourth-order valence-corrected chi connectivity index (χ4v) is 2.87. The maximum Gasteiger partial charge on any atom is 0.119 e. The van der Waals surface area contributed by atoms with Crippen molar-refractivity contribution in [3.8, 4) is 5.75 Å². The van der Waals surface area contributed by atoms with Crippen molar-refractivity contribution in [2.24, 2.45) is 5.92 Å². The van der Waals surface area contributed by atoms with E-state index >= 15 is 0 Å². The van der Waals surface area contributed by atoms with Gasteiger partial charge in [-0.3, -0.25) is 0 Å². The number of ether oxygens (including phenoxy) is 1. The minimum Gasteiger partial charge on any atom is -0.490 e. The van der Waals surface area contributed by atoms with Crippen molar-refractivity contribution in [3.05, 3.63) is 29.8 Å². The summed E-state index contributed by atoms with van der Waals surface area (Å²) in [7, 11) is 0. The molecule has 106 valence electrons. The molecule has 1 saturated carbocycles. The molecule has 0 aliphatic heterocycles. The SMILES string of the molecule is CCNCc1ccc(OC2CCCC(CC)C2)cc1. The van der Waals surface area contributed by atoms with E-state index in [0.29, 0.717) is 6.10 Å². The standard InChI is InChI=1S/C17H27NO/c1-3-14-6-5-7-17(12-14)19-16-10-8-15(9-11-16)13-18-4-2/h8-11,14,17-18H,3-7,12-13H2,1-2H3. The van der Waals surface area contributed by atoms with Crippen LogP contribution < -0.4 is 10.1 Å². The molecular weight excluding hydrogens is 234 g/mol. The van der Waals surface area contributed by atoms with Crippen molar-refractivity contribution in [1.82, 2.24) is 5.32 Å². The van der Waals surface area contributed by atoms with E-state index < -0.39 is 0 Å². The lowest BCUT2D eigenvalue weighted by Crippen LogP contribution is -2.25. The minimum absolute atomic E-state index is 0.429. The molecule has 1 aromatic carbocycles. The van der Waals surface area contributed by atoms with Crippen LogP contribution in [0.25, 0.3) is 0 Å². The molecule has 0 amide bonds. The molecule has 1 aliphatic rings. The van der Waals surface area contributed by atoms with Gasteiger partial charge in [-0.1, -0.05) is 38.8 Å². The smallest absolute Gasteiger partial charge is 0.119 e. The van der Waals surface area contributed by atoms with Crippen LogP contribution in [0.3, 0.4) is 0 Å². The first-order valence-electron chi connectivity index (χ1n) is 7.78. The van der Waals surface area contributed by atoms with E-state index in [9.17, 15) is 0 Å². The molecule has 2 rings (SSSR count). The Balaban J connectivity index is 1.85. The van der Waals surface area contributed by atoms with Gasteiger partial charge in [-0.25, -0.2) is 0 Å². The lowest BCUT2D eigenvalue weighted by molar-refractivity contribution is 0.122. The Morgan fingerprint density at radius 3 is 2.63 bits per heavy atom. The van der Waals surface area contributed by atoms with Crippen molar-refractivity contribution < 1.29 is 4.74 Å². The summed E-state index contributed by atoms with van der Waals surface area (Å²) < 4.78 is 6.13. The molecule has 2 nitrogen and oxygen atoms in total. The van der Waals surface area contributed by atoms with Crippen molar-refractivity contribution in [1.29, 1.82) is 0 Å². The van der Waals surface area contributed by atoms with Crippen LogP contribution in [-0.2, 0) is 6.54 Å². The Morgan fingerprint density at radius 1 is 1.16 bits per heavy atom. The molecule has 1 N–H and O–H groups in total. The summed E-state index contributed by atoms with van der Waals surface area (Å²) in [5.41, 5.74) is 1.32. The quantitative estimate of drug-likeness (QED) is 0.831. The summed E-state index contributed by atoms with van der Waals surface area (Å²) in [5.74, 6) is 1.90. The highest BCUT2D eigenvalue weighted by molar-refractivity contribution is 5.27. The number of rotatable bonds is 6. The molecule has 2 heteroatoms. The van der Waals surface area contributed by atoms with Gasteiger partial charge in [0.2, 0.25) is 0 Å². The Hall–Kier alpha value is -1.02. The molecule has 0 radical (unpaired) electrons. The first kappa shape index (κ1) is 14.4. The van der Waals surface area contributed by atoms with Gasteiger partial charge in [0, 0.05) is 6.54 Å². The van der Waals surface area contributed by atoms with Crippen molar-refractivity contribution >= 4 is 0 Å². The zero-order chi connectivity index (χ0) is 13.5. The average molecular weight is 261 g/mol. The van der Waals surface area contributed by atoms with Crippen molar-refractivity contribution in [3.63, 3.8) is 0 Å². The summed E-state index contributed by atoms with van der Waals surface area (Å²) in [6, 6.07) is 8.56. The molecule has 0 bridgehead atoms. The summed E-state index contributed by atoms with van der Waals surface area (Å²) in [4.78, 5) is 0. The molecule has 0 heterocycles. The Bertz CT molecular complexity index is 360. The zero-order valence-electron chi connectivity index (χ0n) is 12.3. The predicted molar refractivity (Wildman–Crippen MR) is 80.5 cm³/mol. The van der Waals surface area contributed by atoms with Crippen LogP contribution in [0, 0.1) is 5.92 Å². The van der Waals surface area contributed by atoms with E-state index in [1.807, 2.05) is 0 Å². The van der Waals surface area contributed by atoms with Crippen LogP contribution in [0.15, 0.2) is 24.3 Å². The lowest BCUT2D eigenvalue weighted by atomic mass is 9.85. The highest BCUT2D eigenvalue weighted by atomic mass is 16.5. The number of nitrogens with one attached hydrogen (secondary N) is 1. The van der Waals surface area contributed by atoms with Gasteiger partial charge in [0.25, 0.3) is 0 Å². The minimum atomic E-state index is 0.429. The monoisotopic (exact) mass is 261 g/mol. The molecular formula is C17H27NO. The number of hydrogen-bond acceptors (Lipinski definition) is 2. The predicted octanol–water partition coefficient (Wildman–Crippen LogP) is 4.14. The molecule has 0 aromatic heterocycles. The summed E-state index contributed by atoms with van der Waals surface area (Å²) in [6.45, 7) is 6.38. The third-order valence-corrected chi connectivity index (χ3v) is 4.12. The maximum atomic E-state index is 6.13. The molecule has 0 spiro atoms. The van der Waals surface area contributed by atoms with Crippen LogP contribution >= 0.6 is 0 Å². The fraction of sp³-hybridized carbons (Fsp3) is 0.647. The van der Waals surface area contributed by atoms with E-state index in [0.717, 1.165) is 24.8 Å². The zero-order valence-corrected chi connectivity index (χ0v) is 12.3. The van der Waals surface area contributed by atoms with Crippen LogP contribution in [0.2, 0.25) is 0 Å². The van der Waals surface area contributed by atoms with Gasteiger partial charge in [-0.2, -0.15) is 0 Å².